The van der Waals surface area contributed by atoms with Gasteiger partial charge in [-0.05, 0) is 97.1 Å². The third-order valence-electron chi connectivity index (χ3n) is 11.6. The van der Waals surface area contributed by atoms with Crippen LogP contribution in [0, 0.1) is 22.7 Å². The van der Waals surface area contributed by atoms with Crippen LogP contribution in [0.15, 0.2) is 41.2 Å². The zero-order valence-corrected chi connectivity index (χ0v) is 28.0. The second-order valence-corrected chi connectivity index (χ2v) is 15.4. The molecule has 4 aliphatic carbocycles. The number of aliphatic hydroxyl groups is 3. The summed E-state index contributed by atoms with van der Waals surface area (Å²) in [5.41, 5.74) is 0.747. The van der Waals surface area contributed by atoms with Crippen molar-refractivity contribution in [1.29, 1.82) is 0 Å². The van der Waals surface area contributed by atoms with E-state index in [2.05, 4.69) is 32.0 Å². The number of hydrogen-bond acceptors (Lipinski definition) is 7. The topological polar surface area (TPSA) is 132 Å². The monoisotopic (exact) mass is 626 g/mol. The number of phenols is 1. The van der Waals surface area contributed by atoms with E-state index in [1.54, 1.807) is 20.8 Å². The molecule has 0 aliphatic heterocycles. The van der Waals surface area contributed by atoms with Crippen LogP contribution in [-0.2, 0) is 46.5 Å². The zero-order valence-electron chi connectivity index (χ0n) is 28.0. The molecule has 6 rings (SSSR count). The van der Waals surface area contributed by atoms with Gasteiger partial charge < -0.3 is 20.4 Å². The first-order valence-electron chi connectivity index (χ1n) is 16.7. The van der Waals surface area contributed by atoms with E-state index in [0.717, 1.165) is 30.9 Å². The summed E-state index contributed by atoms with van der Waals surface area (Å²) in [7, 11) is 0. The molecule has 0 bridgehead atoms. The lowest BCUT2D eigenvalue weighted by molar-refractivity contribution is -0.178. The van der Waals surface area contributed by atoms with E-state index in [4.69, 9.17) is 0 Å². The van der Waals surface area contributed by atoms with Crippen LogP contribution < -0.4 is 0 Å². The van der Waals surface area contributed by atoms with Gasteiger partial charge in [-0.3, -0.25) is 14.4 Å². The Balaban J connectivity index is 1.52. The molecule has 0 aromatic heterocycles. The molecule has 7 heteroatoms. The maximum absolute atomic E-state index is 14.7. The molecule has 244 valence electrons. The number of hydrogen-bond donors (Lipinski definition) is 4. The Labute approximate surface area is 271 Å². The van der Waals surface area contributed by atoms with Gasteiger partial charge in [-0.2, -0.15) is 0 Å². The molecule has 0 spiro atoms. The average molecular weight is 627 g/mol. The summed E-state index contributed by atoms with van der Waals surface area (Å²) in [5, 5.41) is 47.5. The van der Waals surface area contributed by atoms with Gasteiger partial charge in [-0.15, -0.1) is 0 Å². The fourth-order valence-electron chi connectivity index (χ4n) is 9.64. The number of benzene rings is 2. The van der Waals surface area contributed by atoms with Crippen molar-refractivity contribution < 1.29 is 34.8 Å². The zero-order chi connectivity index (χ0) is 33.7. The first-order valence-corrected chi connectivity index (χ1v) is 16.7. The number of carbonyl (C=O) groups excluding carboxylic acids is 3. The first-order chi connectivity index (χ1) is 21.5. The summed E-state index contributed by atoms with van der Waals surface area (Å²) in [6.07, 6.45) is 4.95. The molecule has 0 amide bonds. The van der Waals surface area contributed by atoms with Crippen molar-refractivity contribution in [3.05, 3.63) is 80.1 Å². The van der Waals surface area contributed by atoms with E-state index in [-0.39, 0.29) is 41.6 Å². The molecule has 4 atom stereocenters. The third-order valence-corrected chi connectivity index (χ3v) is 11.6. The molecule has 0 heterocycles. The Kier molecular flexibility index (Phi) is 7.47. The predicted octanol–water partition coefficient (Wildman–Crippen LogP) is 6.59. The molecule has 0 radical (unpaired) electrons. The van der Waals surface area contributed by atoms with Crippen LogP contribution in [0.5, 0.6) is 5.75 Å². The normalized spacial score (nSPS) is 28.9. The van der Waals surface area contributed by atoms with Gasteiger partial charge in [0.1, 0.15) is 22.8 Å². The van der Waals surface area contributed by atoms with Crippen molar-refractivity contribution in [1.82, 2.24) is 0 Å². The maximum atomic E-state index is 14.7. The van der Waals surface area contributed by atoms with Gasteiger partial charge in [0.05, 0.1) is 5.56 Å². The van der Waals surface area contributed by atoms with Crippen LogP contribution in [0.4, 0.5) is 0 Å². The van der Waals surface area contributed by atoms with Crippen LogP contribution in [0.3, 0.4) is 0 Å². The van der Waals surface area contributed by atoms with Crippen LogP contribution in [-0.4, -0.2) is 43.4 Å². The summed E-state index contributed by atoms with van der Waals surface area (Å²) in [6, 6.07) is 8.60. The molecule has 1 saturated carbocycles. The minimum Gasteiger partial charge on any atom is -0.508 e. The molecular weight excluding hydrogens is 580 g/mol. The van der Waals surface area contributed by atoms with Crippen molar-refractivity contribution in [2.75, 3.05) is 0 Å². The van der Waals surface area contributed by atoms with Gasteiger partial charge in [-0.25, -0.2) is 0 Å². The molecule has 0 saturated heterocycles. The summed E-state index contributed by atoms with van der Waals surface area (Å²) in [4.78, 5) is 41.0. The number of aryl methyl sites for hydroxylation is 4. The van der Waals surface area contributed by atoms with E-state index >= 15 is 0 Å². The van der Waals surface area contributed by atoms with Gasteiger partial charge in [0.2, 0.25) is 5.78 Å². The summed E-state index contributed by atoms with van der Waals surface area (Å²) >= 11 is 0. The molecule has 4 N–H and O–H groups in total. The summed E-state index contributed by atoms with van der Waals surface area (Å²) < 4.78 is 0. The molecule has 4 aliphatic rings. The number of phenolic OH excluding ortho intramolecular Hbond substituents is 1. The maximum Gasteiger partial charge on any atom is 0.203 e. The van der Waals surface area contributed by atoms with Gasteiger partial charge in [0, 0.05) is 22.3 Å². The predicted molar refractivity (Wildman–Crippen MR) is 176 cm³/mol. The minimum absolute atomic E-state index is 0.0441. The van der Waals surface area contributed by atoms with Gasteiger partial charge in [0.25, 0.3) is 0 Å². The second kappa shape index (κ2) is 10.7. The molecule has 46 heavy (non-hydrogen) atoms. The largest absolute Gasteiger partial charge is 0.508 e. The van der Waals surface area contributed by atoms with E-state index in [0.29, 0.717) is 18.4 Å². The number of fused-ring (bicyclic) bond motifs is 4. The van der Waals surface area contributed by atoms with Crippen LogP contribution >= 0.6 is 0 Å². The second-order valence-electron chi connectivity index (χ2n) is 15.4. The van der Waals surface area contributed by atoms with E-state index in [1.165, 1.54) is 23.1 Å². The Morgan fingerprint density at radius 3 is 2.28 bits per heavy atom. The number of rotatable bonds is 6. The van der Waals surface area contributed by atoms with Crippen molar-refractivity contribution in [2.24, 2.45) is 22.7 Å². The lowest BCUT2D eigenvalue weighted by Gasteiger charge is -2.60. The lowest BCUT2D eigenvalue weighted by Crippen LogP contribution is -2.69. The molecule has 1 unspecified atom stereocenters. The van der Waals surface area contributed by atoms with Gasteiger partial charge >= 0.3 is 0 Å². The van der Waals surface area contributed by atoms with Crippen LogP contribution in [0.1, 0.15) is 106 Å². The Morgan fingerprint density at radius 2 is 1.65 bits per heavy atom. The van der Waals surface area contributed by atoms with Crippen molar-refractivity contribution in [3.63, 3.8) is 0 Å². The highest BCUT2D eigenvalue weighted by Crippen LogP contribution is 2.65. The Hall–Kier alpha value is -3.71. The SMILES string of the molecule is CC(=O)C1=C(O)[C@]2(O)C(=O)C3=C(O)c4c(O)c(CCc5ccc6c(c5)CCC6)cc(C(C)C)c4C[C@]3(C)C[C@]2(C)C(C(C)C)C1=O. The lowest BCUT2D eigenvalue weighted by atomic mass is 9.43. The smallest absolute Gasteiger partial charge is 0.203 e. The van der Waals surface area contributed by atoms with E-state index in [9.17, 15) is 34.8 Å². The van der Waals surface area contributed by atoms with Crippen molar-refractivity contribution in [3.8, 4) is 5.75 Å². The number of aliphatic hydroxyl groups excluding tert-OH is 2. The van der Waals surface area contributed by atoms with Crippen LogP contribution in [0.2, 0.25) is 0 Å². The molecule has 7 nitrogen and oxygen atoms in total. The quantitative estimate of drug-likeness (QED) is 0.266. The summed E-state index contributed by atoms with van der Waals surface area (Å²) in [5.74, 6) is -4.95. The fourth-order valence-corrected chi connectivity index (χ4v) is 9.64. The number of aromatic hydroxyl groups is 1. The van der Waals surface area contributed by atoms with Gasteiger partial charge in [0.15, 0.2) is 17.2 Å². The summed E-state index contributed by atoms with van der Waals surface area (Å²) in [6.45, 7) is 12.3. The Morgan fingerprint density at radius 1 is 0.978 bits per heavy atom. The highest BCUT2D eigenvalue weighted by atomic mass is 16.3. The Bertz CT molecular complexity index is 1770. The average Bonchev–Trinajstić information content (AvgIpc) is 3.42. The van der Waals surface area contributed by atoms with Crippen molar-refractivity contribution in [2.45, 2.75) is 105 Å². The molecule has 2 aromatic rings. The number of ketones is 3. The number of Topliss-reactive ketones (excluding diaryl/α,β-unsaturated/α-hetero) is 3. The van der Waals surface area contributed by atoms with Crippen molar-refractivity contribution >= 4 is 23.1 Å². The molecule has 1 fully saturated rings. The fraction of sp³-hybridized carbons (Fsp3) is 0.513. The number of allylic oxidation sites excluding steroid dienone is 1. The minimum atomic E-state index is -2.61. The van der Waals surface area contributed by atoms with Crippen LogP contribution in [0.25, 0.3) is 5.76 Å². The number of carbonyl (C=O) groups is 3. The molecular formula is C39H46O7. The standard InChI is InChI=1S/C39H46O7/c1-19(2)26-16-25(14-12-22-11-13-23-9-8-10-24(23)15-22)32(41)29-27(26)17-37(6)18-38(7)30(20(3)4)33(42)28(21(5)40)35(44)39(38,46)36(45)31(37)34(29)43/h11,13,15-16,19-20,30,41,43-44,46H,8-10,12,14,17-18H2,1-7H3/t30?,37-,38-,39+/m1/s1. The van der Waals surface area contributed by atoms with Gasteiger partial charge in [-0.1, -0.05) is 65.8 Å². The highest BCUT2D eigenvalue weighted by Gasteiger charge is 2.72. The molecule has 2 aromatic carbocycles. The first kappa shape index (κ1) is 32.2. The van der Waals surface area contributed by atoms with E-state index < -0.39 is 56.8 Å². The van der Waals surface area contributed by atoms with E-state index in [1.807, 2.05) is 13.0 Å². The third kappa shape index (κ3) is 4.30. The highest BCUT2D eigenvalue weighted by molar-refractivity contribution is 6.24.